The molecule has 0 bridgehead atoms. The molecule has 2 aromatic rings. The van der Waals surface area contributed by atoms with Crippen LogP contribution in [0, 0.1) is 19.8 Å². The third-order valence-electron chi connectivity index (χ3n) is 5.24. The lowest BCUT2D eigenvalue weighted by Crippen LogP contribution is -2.41. The number of ether oxygens (including phenoxy) is 1. The monoisotopic (exact) mass is 398 g/mol. The molecule has 154 valence electrons. The van der Waals surface area contributed by atoms with E-state index in [-0.39, 0.29) is 17.7 Å². The molecule has 3 rings (SSSR count). The number of benzene rings is 1. The van der Waals surface area contributed by atoms with Crippen LogP contribution >= 0.6 is 0 Å². The van der Waals surface area contributed by atoms with Crippen molar-refractivity contribution in [3.63, 3.8) is 0 Å². The molecule has 1 aromatic heterocycles. The van der Waals surface area contributed by atoms with Gasteiger partial charge in [-0.1, -0.05) is 18.2 Å². The van der Waals surface area contributed by atoms with Gasteiger partial charge in [-0.15, -0.1) is 0 Å². The lowest BCUT2D eigenvalue weighted by atomic mass is 9.97. The van der Waals surface area contributed by atoms with Crippen LogP contribution in [0.1, 0.15) is 41.4 Å². The fourth-order valence-corrected chi connectivity index (χ4v) is 3.43. The molecule has 7 heteroatoms. The highest BCUT2D eigenvalue weighted by atomic mass is 16.5. The average Bonchev–Trinajstić information content (AvgIpc) is 3.25. The Labute approximate surface area is 170 Å². The van der Waals surface area contributed by atoms with Crippen LogP contribution in [0.15, 0.2) is 41.0 Å². The number of para-hydroxylation sites is 1. The van der Waals surface area contributed by atoms with Crippen molar-refractivity contribution < 1.29 is 23.5 Å². The Morgan fingerprint density at radius 1 is 1.10 bits per heavy atom. The van der Waals surface area contributed by atoms with Gasteiger partial charge in [-0.05, 0) is 56.9 Å². The number of anilines is 1. The number of aryl methyl sites for hydroxylation is 2. The van der Waals surface area contributed by atoms with E-state index >= 15 is 0 Å². The first-order valence-electron chi connectivity index (χ1n) is 9.77. The number of hydrogen-bond acceptors (Lipinski definition) is 5. The fraction of sp³-hybridized carbons (Fsp3) is 0.409. The van der Waals surface area contributed by atoms with Gasteiger partial charge in [0.15, 0.2) is 11.9 Å². The zero-order valence-corrected chi connectivity index (χ0v) is 16.9. The Morgan fingerprint density at radius 2 is 1.76 bits per heavy atom. The second-order valence-corrected chi connectivity index (χ2v) is 7.38. The largest absolute Gasteiger partial charge is 0.459 e. The number of rotatable bonds is 5. The van der Waals surface area contributed by atoms with Gasteiger partial charge in [0.2, 0.25) is 0 Å². The van der Waals surface area contributed by atoms with Crippen LogP contribution in [0.5, 0.6) is 0 Å². The molecular formula is C22H26N2O5. The molecule has 7 nitrogen and oxygen atoms in total. The lowest BCUT2D eigenvalue weighted by Gasteiger charge is -2.30. The van der Waals surface area contributed by atoms with Crippen molar-refractivity contribution in [2.24, 2.45) is 5.92 Å². The van der Waals surface area contributed by atoms with Gasteiger partial charge in [-0.3, -0.25) is 14.4 Å². The molecule has 0 saturated carbocycles. The van der Waals surface area contributed by atoms with Crippen LogP contribution in [0.2, 0.25) is 0 Å². The average molecular weight is 398 g/mol. The normalized spacial score (nSPS) is 15.6. The molecule has 0 spiro atoms. The van der Waals surface area contributed by atoms with Crippen molar-refractivity contribution in [2.45, 2.75) is 39.7 Å². The molecule has 1 aliphatic rings. The number of nitrogens with one attached hydrogen (secondary N) is 1. The predicted octanol–water partition coefficient (Wildman–Crippen LogP) is 3.32. The fourth-order valence-electron chi connectivity index (χ4n) is 3.43. The second-order valence-electron chi connectivity index (χ2n) is 7.38. The molecule has 1 atom stereocenters. The molecule has 1 fully saturated rings. The van der Waals surface area contributed by atoms with Gasteiger partial charge in [0.25, 0.3) is 11.8 Å². The predicted molar refractivity (Wildman–Crippen MR) is 107 cm³/mol. The summed E-state index contributed by atoms with van der Waals surface area (Å²) in [5.41, 5.74) is 2.64. The first-order valence-corrected chi connectivity index (χ1v) is 9.77. The third-order valence-corrected chi connectivity index (χ3v) is 5.24. The molecule has 1 saturated heterocycles. The molecule has 2 heterocycles. The maximum absolute atomic E-state index is 12.5. The van der Waals surface area contributed by atoms with Crippen molar-refractivity contribution in [3.05, 3.63) is 53.5 Å². The highest BCUT2D eigenvalue weighted by molar-refractivity contribution is 5.96. The van der Waals surface area contributed by atoms with Gasteiger partial charge >= 0.3 is 5.97 Å². The molecule has 1 N–H and O–H groups in total. The van der Waals surface area contributed by atoms with E-state index in [1.54, 1.807) is 24.0 Å². The van der Waals surface area contributed by atoms with Gasteiger partial charge < -0.3 is 19.4 Å². The standard InChI is InChI=1S/C22H26N2O5/c1-14-6-4-7-15(2)19(14)23-20(25)16(3)29-22(27)17-9-11-24(12-10-17)21(26)18-8-5-13-28-18/h4-8,13,16-17H,9-12H2,1-3H3,(H,23,25). The molecule has 1 unspecified atom stereocenters. The maximum Gasteiger partial charge on any atom is 0.309 e. The SMILES string of the molecule is Cc1cccc(C)c1NC(=O)C(C)OC(=O)C1CCN(C(=O)c2ccco2)CC1. The number of amides is 2. The maximum atomic E-state index is 12.5. The summed E-state index contributed by atoms with van der Waals surface area (Å²) in [5.74, 6) is -0.975. The van der Waals surface area contributed by atoms with Crippen LogP contribution in [0.25, 0.3) is 0 Å². The lowest BCUT2D eigenvalue weighted by molar-refractivity contribution is -0.158. The summed E-state index contributed by atoms with van der Waals surface area (Å²) in [5, 5.41) is 2.84. The Balaban J connectivity index is 1.50. The van der Waals surface area contributed by atoms with Gasteiger partial charge in [0, 0.05) is 18.8 Å². The van der Waals surface area contributed by atoms with E-state index in [4.69, 9.17) is 9.15 Å². The number of furan rings is 1. The van der Waals surface area contributed by atoms with Crippen molar-refractivity contribution in [1.29, 1.82) is 0 Å². The van der Waals surface area contributed by atoms with Gasteiger partial charge in [0.1, 0.15) is 0 Å². The zero-order chi connectivity index (χ0) is 21.0. The van der Waals surface area contributed by atoms with Crippen LogP contribution in [0.3, 0.4) is 0 Å². The van der Waals surface area contributed by atoms with Crippen molar-refractivity contribution in [1.82, 2.24) is 4.90 Å². The van der Waals surface area contributed by atoms with Crippen LogP contribution in [-0.2, 0) is 14.3 Å². The number of likely N-dealkylation sites (tertiary alicyclic amines) is 1. The van der Waals surface area contributed by atoms with Crippen molar-refractivity contribution >= 4 is 23.5 Å². The minimum absolute atomic E-state index is 0.178. The Bertz CT molecular complexity index is 862. The van der Waals surface area contributed by atoms with Crippen molar-refractivity contribution in [2.75, 3.05) is 18.4 Å². The quantitative estimate of drug-likeness (QED) is 0.781. The topological polar surface area (TPSA) is 88.9 Å². The van der Waals surface area contributed by atoms with E-state index < -0.39 is 12.1 Å². The molecular weight excluding hydrogens is 372 g/mol. The van der Waals surface area contributed by atoms with E-state index in [1.807, 2.05) is 32.0 Å². The summed E-state index contributed by atoms with van der Waals surface area (Å²) in [6.07, 6.45) is 1.55. The zero-order valence-electron chi connectivity index (χ0n) is 16.9. The summed E-state index contributed by atoms with van der Waals surface area (Å²) >= 11 is 0. The molecule has 1 aliphatic heterocycles. The summed E-state index contributed by atoms with van der Waals surface area (Å²) in [7, 11) is 0. The summed E-state index contributed by atoms with van der Waals surface area (Å²) in [4.78, 5) is 38.9. The van der Waals surface area contributed by atoms with E-state index in [0.717, 1.165) is 16.8 Å². The summed E-state index contributed by atoms with van der Waals surface area (Å²) < 4.78 is 10.5. The number of carbonyl (C=O) groups excluding carboxylic acids is 3. The number of esters is 1. The summed E-state index contributed by atoms with van der Waals surface area (Å²) in [6, 6.07) is 9.04. The van der Waals surface area contributed by atoms with Gasteiger partial charge in [0.05, 0.1) is 12.2 Å². The van der Waals surface area contributed by atoms with E-state index in [2.05, 4.69) is 5.32 Å². The molecule has 0 aliphatic carbocycles. The van der Waals surface area contributed by atoms with Crippen LogP contribution in [-0.4, -0.2) is 41.9 Å². The Morgan fingerprint density at radius 3 is 2.34 bits per heavy atom. The Kier molecular flexibility index (Phi) is 6.36. The van der Waals surface area contributed by atoms with Gasteiger partial charge in [-0.25, -0.2) is 0 Å². The Hall–Kier alpha value is -3.09. The highest BCUT2D eigenvalue weighted by Crippen LogP contribution is 2.22. The first-order chi connectivity index (χ1) is 13.9. The molecule has 1 aromatic carbocycles. The third kappa shape index (κ3) is 4.85. The number of hydrogen-bond donors (Lipinski definition) is 1. The van der Waals surface area contributed by atoms with Gasteiger partial charge in [-0.2, -0.15) is 0 Å². The minimum Gasteiger partial charge on any atom is -0.459 e. The first kappa shape index (κ1) is 20.6. The summed E-state index contributed by atoms with van der Waals surface area (Å²) in [6.45, 7) is 6.29. The van der Waals surface area contributed by atoms with E-state index in [1.165, 1.54) is 6.26 Å². The number of piperidine rings is 1. The molecule has 29 heavy (non-hydrogen) atoms. The van der Waals surface area contributed by atoms with Crippen LogP contribution < -0.4 is 5.32 Å². The molecule has 2 amide bonds. The number of nitrogens with zero attached hydrogens (tertiary/aromatic N) is 1. The second kappa shape index (κ2) is 8.94. The van der Waals surface area contributed by atoms with Crippen LogP contribution in [0.4, 0.5) is 5.69 Å². The van der Waals surface area contributed by atoms with E-state index in [0.29, 0.717) is 31.7 Å². The minimum atomic E-state index is -0.899. The highest BCUT2D eigenvalue weighted by Gasteiger charge is 2.31. The van der Waals surface area contributed by atoms with Crippen molar-refractivity contribution in [3.8, 4) is 0 Å². The number of carbonyl (C=O) groups is 3. The molecule has 0 radical (unpaired) electrons. The smallest absolute Gasteiger partial charge is 0.309 e. The van der Waals surface area contributed by atoms with E-state index in [9.17, 15) is 14.4 Å².